The summed E-state index contributed by atoms with van der Waals surface area (Å²) in [4.78, 5) is 9.13. The molecule has 7 heteroatoms. The van der Waals surface area contributed by atoms with E-state index in [4.69, 9.17) is 9.90 Å². The van der Waals surface area contributed by atoms with Crippen LogP contribution in [0.4, 0.5) is 4.79 Å². The smallest absolute Gasteiger partial charge is 1.00 e. The molecule has 0 heterocycles. The van der Waals surface area contributed by atoms with Gasteiger partial charge in [-0.1, -0.05) is 21.6 Å². The molecule has 0 rings (SSSR count). The van der Waals surface area contributed by atoms with Gasteiger partial charge >= 0.3 is 35.7 Å². The Kier molecular flexibility index (Phi) is 28.3. The molecule has 0 radical (unpaired) electrons. The molecule has 0 atom stereocenters. The summed E-state index contributed by atoms with van der Waals surface area (Å²) < 4.78 is 0. The van der Waals surface area contributed by atoms with Crippen molar-refractivity contribution in [3.63, 3.8) is 0 Å². The van der Waals surface area contributed by atoms with Crippen LogP contribution in [0.1, 0.15) is 1.43 Å². The number of amides is 1. The molecule has 10 heavy (non-hydrogen) atoms. The number of hydrogen-bond acceptors (Lipinski definition) is 4. The fourth-order valence-corrected chi connectivity index (χ4v) is 0. The van der Waals surface area contributed by atoms with Crippen molar-refractivity contribution in [1.82, 2.24) is 5.43 Å². The first kappa shape index (κ1) is 17.1. The monoisotopic (exact) mass is 194 g/mol. The van der Waals surface area contributed by atoms with Gasteiger partial charge in [-0.15, -0.1) is 0 Å². The first-order valence-electron chi connectivity index (χ1n) is 1.95. The predicted octanol–water partition coefficient (Wildman–Crippen LogP) is -2.13. The van der Waals surface area contributed by atoms with Gasteiger partial charge in [0.25, 0.3) is 0 Å². The Hall–Kier alpha value is 0.930. The molecule has 0 unspecified atom stereocenters. The van der Waals surface area contributed by atoms with Crippen LogP contribution in [0, 0.1) is 0 Å². The van der Waals surface area contributed by atoms with Crippen molar-refractivity contribution in [3.05, 3.63) is 0 Å². The summed E-state index contributed by atoms with van der Waals surface area (Å²) in [6.07, 6.45) is 2.90. The van der Waals surface area contributed by atoms with Gasteiger partial charge in [-0.05, 0) is 12.5 Å². The van der Waals surface area contributed by atoms with Gasteiger partial charge in [-0.3, -0.25) is 5.43 Å². The van der Waals surface area contributed by atoms with E-state index in [9.17, 15) is 0 Å². The number of nitrogens with one attached hydrogen (secondary N) is 1. The predicted molar refractivity (Wildman–Crippen MR) is 43.5 cm³/mol. The van der Waals surface area contributed by atoms with Crippen LogP contribution in [0.2, 0.25) is 0 Å². The molecule has 0 spiro atoms. The second kappa shape index (κ2) is 16.5. The van der Waals surface area contributed by atoms with Crippen LogP contribution in [0.15, 0.2) is 0 Å². The van der Waals surface area contributed by atoms with E-state index in [0.717, 1.165) is 0 Å². The first-order chi connectivity index (χ1) is 4.18. The van der Waals surface area contributed by atoms with E-state index in [0.29, 0.717) is 0 Å². The van der Waals surface area contributed by atoms with Gasteiger partial charge in [0.1, 0.15) is 0 Å². The van der Waals surface area contributed by atoms with E-state index >= 15 is 0 Å². The molecule has 4 N–H and O–H groups in total. The average molecular weight is 194 g/mol. The fourth-order valence-electron chi connectivity index (χ4n) is 0. The molecule has 0 aliphatic carbocycles. The summed E-state index contributed by atoms with van der Waals surface area (Å²) in [5, 5.41) is 7.49. The summed E-state index contributed by atoms with van der Waals surface area (Å²) in [6, 6.07) is 0. The molecule has 0 aliphatic rings. The minimum absolute atomic E-state index is 0. The van der Waals surface area contributed by atoms with Crippen LogP contribution >= 0.6 is 21.6 Å². The third-order valence-corrected chi connectivity index (χ3v) is 1.62. The zero-order chi connectivity index (χ0) is 7.70. The number of carbonyl (C=O) groups is 1. The van der Waals surface area contributed by atoms with Crippen LogP contribution in [0.25, 0.3) is 0 Å². The van der Waals surface area contributed by atoms with Gasteiger partial charge in [0.05, 0.1) is 0 Å². The van der Waals surface area contributed by atoms with Crippen molar-refractivity contribution in [2.24, 2.45) is 5.84 Å². The molecule has 0 aromatic rings. The van der Waals surface area contributed by atoms with Crippen LogP contribution in [-0.2, 0) is 0 Å². The first-order valence-corrected chi connectivity index (χ1v) is 4.92. The van der Waals surface area contributed by atoms with Crippen molar-refractivity contribution in [1.29, 1.82) is 0 Å². The summed E-state index contributed by atoms with van der Waals surface area (Å²) >= 11 is 0. The maximum Gasteiger partial charge on any atom is 1.00 e. The molecule has 0 aromatic carbocycles. The largest absolute Gasteiger partial charge is 1.00 e. The van der Waals surface area contributed by atoms with E-state index in [1.807, 2.05) is 0 Å². The molecule has 0 fully saturated rings. The van der Waals surface area contributed by atoms with E-state index in [1.54, 1.807) is 21.6 Å². The second-order valence-electron chi connectivity index (χ2n) is 0.783. The zero-order valence-electron chi connectivity index (χ0n) is 7.25. The zero-order valence-corrected chi connectivity index (χ0v) is 9.88. The Morgan fingerprint density at radius 1 is 1.60 bits per heavy atom. The quantitative estimate of drug-likeness (QED) is 0.146. The van der Waals surface area contributed by atoms with Gasteiger partial charge in [0, 0.05) is 0 Å². The number of rotatable bonds is 1. The molecule has 0 aromatic heterocycles. The van der Waals surface area contributed by atoms with Crippen molar-refractivity contribution >= 4 is 27.7 Å². The van der Waals surface area contributed by atoms with Gasteiger partial charge in [0.2, 0.25) is 0 Å². The third-order valence-electron chi connectivity index (χ3n) is 0.290. The van der Waals surface area contributed by atoms with Crippen molar-refractivity contribution in [2.45, 2.75) is 0 Å². The van der Waals surface area contributed by atoms with E-state index in [1.165, 1.54) is 5.43 Å². The second-order valence-corrected chi connectivity index (χ2v) is 3.45. The average Bonchev–Trinajstić information content (AvgIpc) is 1.89. The van der Waals surface area contributed by atoms with E-state index < -0.39 is 6.09 Å². The van der Waals surface area contributed by atoms with E-state index in [2.05, 4.69) is 18.4 Å². The molecule has 1 amide bonds. The third kappa shape index (κ3) is 36.4. The minimum Gasteiger partial charge on any atom is -1.00 e. The summed E-state index contributed by atoms with van der Waals surface area (Å²) in [5.74, 6) is 4.32. The van der Waals surface area contributed by atoms with Crippen LogP contribution in [0.3, 0.4) is 0 Å². The normalized spacial score (nSPS) is 6.30. The topological polar surface area (TPSA) is 75.3 Å². The molecule has 58 valence electrons. The number of hydrogen-bond donors (Lipinski definition) is 3. The Labute approximate surface area is 91.8 Å². The molecule has 0 bridgehead atoms. The molecule has 4 nitrogen and oxygen atoms in total. The maximum atomic E-state index is 9.13. The number of hydrazine groups is 1. The van der Waals surface area contributed by atoms with Gasteiger partial charge in [-0.2, -0.15) is 0 Å². The molecule has 0 saturated heterocycles. The van der Waals surface area contributed by atoms with E-state index in [-0.39, 0.29) is 31.0 Å². The molecule has 0 saturated carbocycles. The number of nitrogens with two attached hydrogens (primary N) is 1. The van der Waals surface area contributed by atoms with Crippen molar-refractivity contribution < 1.29 is 40.9 Å². The molecular weight excluding hydrogens is 183 g/mol. The molecule has 0 aliphatic heterocycles. The van der Waals surface area contributed by atoms with Crippen molar-refractivity contribution in [3.8, 4) is 0 Å². The summed E-state index contributed by atoms with van der Waals surface area (Å²) in [7, 11) is 3.55. The van der Waals surface area contributed by atoms with Gasteiger partial charge < -0.3 is 6.53 Å². The maximum absolute atomic E-state index is 9.13. The molecular formula is C3H11N2NaO2S2. The van der Waals surface area contributed by atoms with Crippen LogP contribution < -0.4 is 40.8 Å². The summed E-state index contributed by atoms with van der Waals surface area (Å²) in [6.45, 7) is 0. The van der Waals surface area contributed by atoms with Crippen LogP contribution in [-0.4, -0.2) is 23.7 Å². The minimum atomic E-state index is -1.22. The Morgan fingerprint density at radius 2 is 1.80 bits per heavy atom. The standard InChI is InChI=1S/C2H6S2.CH4N2O2.Na.H/c1-3-4-2;2-3-1(4)5;;/h1-2H3;3H,2H2,(H,4,5);;/q;;+1;-1. The number of carboxylic acid groups (broad SMARTS) is 1. The van der Waals surface area contributed by atoms with Crippen LogP contribution in [0.5, 0.6) is 0 Å². The van der Waals surface area contributed by atoms with Crippen molar-refractivity contribution in [2.75, 3.05) is 12.5 Å². The summed E-state index contributed by atoms with van der Waals surface area (Å²) in [5.41, 5.74) is 1.44. The Balaban J connectivity index is -0.0000000383. The van der Waals surface area contributed by atoms with Gasteiger partial charge in [-0.25, -0.2) is 10.6 Å². The Bertz CT molecular complexity index is 78.4. The fraction of sp³-hybridized carbons (Fsp3) is 0.667. The SMILES string of the molecule is CSSC.NNC(=O)O.[H-].[Na+]. The Morgan fingerprint density at radius 3 is 1.80 bits per heavy atom. The van der Waals surface area contributed by atoms with Gasteiger partial charge in [0.15, 0.2) is 0 Å².